The molecule has 6 aliphatic rings. The number of aliphatic hydroxyl groups excluding tert-OH is 1. The Balaban J connectivity index is 0.000000581. The van der Waals surface area contributed by atoms with Crippen LogP contribution in [0.5, 0.6) is 0 Å². The van der Waals surface area contributed by atoms with Crippen LogP contribution in [0.15, 0.2) is 35.4 Å². The Morgan fingerprint density at radius 2 is 1.62 bits per heavy atom. The van der Waals surface area contributed by atoms with Crippen LogP contribution in [0.1, 0.15) is 136 Å². The fourth-order valence-corrected chi connectivity index (χ4v) is 9.02. The van der Waals surface area contributed by atoms with E-state index in [2.05, 4.69) is 76.4 Å². The lowest BCUT2D eigenvalue weighted by molar-refractivity contribution is -0.312. The van der Waals surface area contributed by atoms with Gasteiger partial charge in [-0.25, -0.2) is 4.79 Å². The van der Waals surface area contributed by atoms with Gasteiger partial charge in [-0.1, -0.05) is 96.2 Å². The lowest BCUT2D eigenvalue weighted by Crippen LogP contribution is -2.52. The number of carbonyl (C=O) groups excluding carboxylic acids is 2. The van der Waals surface area contributed by atoms with Crippen molar-refractivity contribution in [1.29, 1.82) is 0 Å². The van der Waals surface area contributed by atoms with E-state index in [-0.39, 0.29) is 23.0 Å². The summed E-state index contributed by atoms with van der Waals surface area (Å²) < 4.78 is 12.9. The van der Waals surface area contributed by atoms with E-state index >= 15 is 0 Å². The third-order valence-corrected chi connectivity index (χ3v) is 12.0. The second kappa shape index (κ2) is 15.8. The Morgan fingerprint density at radius 1 is 0.958 bits per heavy atom. The molecule has 2 amide bonds. The predicted octanol–water partition coefficient (Wildman–Crippen LogP) is 8.45. The fourth-order valence-electron chi connectivity index (χ4n) is 9.02. The maximum Gasteiger partial charge on any atom is 0.315 e. The van der Waals surface area contributed by atoms with Crippen molar-refractivity contribution in [3.8, 4) is 0 Å². The SMILES string of the molecule is CC1(C)COC2(CCC3=C4C(c5ccc(CNC(=O)NCCC=O)cc5)CC5(C)C(O)CCC5C4CCC3C2)OC1.CC1CC1.CCC. The van der Waals surface area contributed by atoms with Gasteiger partial charge in [-0.15, -0.1) is 0 Å². The van der Waals surface area contributed by atoms with Crippen molar-refractivity contribution in [2.24, 2.45) is 34.5 Å². The largest absolute Gasteiger partial charge is 0.393 e. The minimum absolute atomic E-state index is 0.0525. The Morgan fingerprint density at radius 3 is 2.25 bits per heavy atom. The summed E-state index contributed by atoms with van der Waals surface area (Å²) in [6, 6.07) is 8.48. The molecule has 5 fully saturated rings. The van der Waals surface area contributed by atoms with Crippen LogP contribution in [0.25, 0.3) is 0 Å². The second-order valence-electron chi connectivity index (χ2n) is 16.9. The highest BCUT2D eigenvalue weighted by Gasteiger charge is 2.57. The molecule has 1 aliphatic heterocycles. The molecule has 268 valence electrons. The fraction of sp³-hybridized carbons (Fsp3) is 0.756. The summed E-state index contributed by atoms with van der Waals surface area (Å²) in [6.45, 7) is 15.6. The number of benzene rings is 1. The minimum atomic E-state index is -0.423. The van der Waals surface area contributed by atoms with Crippen molar-refractivity contribution in [2.75, 3.05) is 19.8 Å². The van der Waals surface area contributed by atoms with Gasteiger partial charge >= 0.3 is 6.03 Å². The van der Waals surface area contributed by atoms with Crippen LogP contribution in [-0.4, -0.2) is 49.1 Å². The molecule has 7 nitrogen and oxygen atoms in total. The molecule has 4 saturated carbocycles. The van der Waals surface area contributed by atoms with Crippen molar-refractivity contribution >= 4 is 12.3 Å². The number of aldehydes is 1. The van der Waals surface area contributed by atoms with Crippen molar-refractivity contribution in [3.05, 3.63) is 46.5 Å². The molecule has 1 saturated heterocycles. The Bertz CT molecular complexity index is 1260. The van der Waals surface area contributed by atoms with Gasteiger partial charge in [-0.3, -0.25) is 0 Å². The number of ether oxygens (including phenoxy) is 2. The van der Waals surface area contributed by atoms with Crippen LogP contribution in [0.4, 0.5) is 4.79 Å². The molecule has 1 heterocycles. The van der Waals surface area contributed by atoms with Crippen molar-refractivity contribution in [2.45, 2.75) is 143 Å². The molecule has 1 aromatic rings. The summed E-state index contributed by atoms with van der Waals surface area (Å²) in [5.74, 6) is 2.57. The highest BCUT2D eigenvalue weighted by atomic mass is 16.7. The number of nitrogens with one attached hydrogen (secondary N) is 2. The topological polar surface area (TPSA) is 96.9 Å². The van der Waals surface area contributed by atoms with Gasteiger partial charge in [-0.05, 0) is 78.7 Å². The standard InChI is InChI=1S/C34H48N2O5.C4H8.C3H8/c1-32(2)20-40-34(41-21-32)14-13-25-24(17-34)9-10-26-28-11-12-29(38)33(28,3)18-27(30(25)26)23-7-5-22(6-8-23)19-36-31(39)35-15-4-16-37;1-4-2-3-4;1-3-2/h5-8,16,24,26-29,38H,4,9-15,17-21H2,1-3H3,(H2,35,36,39);4H,2-3H2,1H3;3H2,1-2H3. The molecule has 0 bridgehead atoms. The average molecular weight is 665 g/mol. The Kier molecular flexibility index (Phi) is 12.2. The molecule has 0 aromatic heterocycles. The van der Waals surface area contributed by atoms with Crippen LogP contribution in [0.3, 0.4) is 0 Å². The maximum atomic E-state index is 12.0. The van der Waals surface area contributed by atoms with Crippen LogP contribution < -0.4 is 10.6 Å². The summed E-state index contributed by atoms with van der Waals surface area (Å²) in [5.41, 5.74) is 5.72. The summed E-state index contributed by atoms with van der Waals surface area (Å²) in [5, 5.41) is 16.8. The number of hydrogen-bond donors (Lipinski definition) is 3. The monoisotopic (exact) mass is 664 g/mol. The van der Waals surface area contributed by atoms with Crippen molar-refractivity contribution in [3.63, 3.8) is 0 Å². The van der Waals surface area contributed by atoms with Crippen molar-refractivity contribution < 1.29 is 24.2 Å². The molecular weight excluding hydrogens is 600 g/mol. The second-order valence-corrected chi connectivity index (χ2v) is 16.9. The van der Waals surface area contributed by atoms with Gasteiger partial charge in [0.2, 0.25) is 0 Å². The first-order chi connectivity index (χ1) is 22.9. The van der Waals surface area contributed by atoms with Gasteiger partial charge in [-0.2, -0.15) is 0 Å². The average Bonchev–Trinajstić information content (AvgIpc) is 3.80. The van der Waals surface area contributed by atoms with Gasteiger partial charge in [0.05, 0.1) is 19.3 Å². The van der Waals surface area contributed by atoms with Crippen LogP contribution in [-0.2, 0) is 20.8 Å². The number of allylic oxidation sites excluding steroid dienone is 2. The molecule has 3 N–H and O–H groups in total. The number of hydrogen-bond acceptors (Lipinski definition) is 5. The zero-order valence-electron chi connectivity index (χ0n) is 30.7. The number of rotatable bonds is 6. The molecule has 6 unspecified atom stereocenters. The minimum Gasteiger partial charge on any atom is -0.393 e. The van der Waals surface area contributed by atoms with Gasteiger partial charge in [0, 0.05) is 43.7 Å². The normalized spacial score (nSPS) is 32.7. The van der Waals surface area contributed by atoms with Crippen LogP contribution >= 0.6 is 0 Å². The van der Waals surface area contributed by atoms with Gasteiger partial charge in [0.25, 0.3) is 0 Å². The third-order valence-electron chi connectivity index (χ3n) is 12.0. The molecule has 1 spiro atoms. The summed E-state index contributed by atoms with van der Waals surface area (Å²) >= 11 is 0. The van der Waals surface area contributed by atoms with Gasteiger partial charge in [0.15, 0.2) is 5.79 Å². The molecule has 7 heteroatoms. The Hall–Kier alpha value is -2.22. The van der Waals surface area contributed by atoms with E-state index in [9.17, 15) is 14.7 Å². The molecule has 1 aromatic carbocycles. The van der Waals surface area contributed by atoms with Crippen LogP contribution in [0, 0.1) is 34.5 Å². The summed E-state index contributed by atoms with van der Waals surface area (Å²) in [6.07, 6.45) is 13.5. The molecule has 0 radical (unpaired) electrons. The van der Waals surface area contributed by atoms with E-state index < -0.39 is 5.79 Å². The van der Waals surface area contributed by atoms with Gasteiger partial charge < -0.3 is 30.0 Å². The zero-order valence-corrected chi connectivity index (χ0v) is 30.7. The summed E-state index contributed by atoms with van der Waals surface area (Å²) in [4.78, 5) is 22.5. The quantitative estimate of drug-likeness (QED) is 0.161. The number of carbonyl (C=O) groups is 2. The predicted molar refractivity (Wildman–Crippen MR) is 191 cm³/mol. The van der Waals surface area contributed by atoms with Crippen LogP contribution in [0.2, 0.25) is 0 Å². The first-order valence-corrected chi connectivity index (χ1v) is 19.2. The molecule has 5 aliphatic carbocycles. The van der Waals surface area contributed by atoms with Crippen molar-refractivity contribution in [1.82, 2.24) is 10.6 Å². The number of amides is 2. The van der Waals surface area contributed by atoms with E-state index in [1.165, 1.54) is 37.7 Å². The van der Waals surface area contributed by atoms with E-state index in [1.54, 1.807) is 11.1 Å². The lowest BCUT2D eigenvalue weighted by Gasteiger charge is -2.55. The van der Waals surface area contributed by atoms with Gasteiger partial charge in [0.1, 0.15) is 6.29 Å². The number of aliphatic hydroxyl groups is 1. The zero-order chi connectivity index (χ0) is 34.5. The third kappa shape index (κ3) is 8.55. The highest BCUT2D eigenvalue weighted by Crippen LogP contribution is 2.65. The van der Waals surface area contributed by atoms with E-state index in [4.69, 9.17) is 9.47 Å². The molecule has 7 rings (SSSR count). The molecule has 6 atom stereocenters. The number of fused-ring (bicyclic) bond motifs is 4. The first kappa shape index (κ1) is 37.0. The highest BCUT2D eigenvalue weighted by molar-refractivity contribution is 5.74. The summed E-state index contributed by atoms with van der Waals surface area (Å²) in [7, 11) is 0. The Labute approximate surface area is 290 Å². The lowest BCUT2D eigenvalue weighted by atomic mass is 9.52. The van der Waals surface area contributed by atoms with E-state index in [0.717, 1.165) is 69.5 Å². The first-order valence-electron chi connectivity index (χ1n) is 19.2. The smallest absolute Gasteiger partial charge is 0.315 e. The van der Waals surface area contributed by atoms with E-state index in [1.807, 2.05) is 0 Å². The molecule has 48 heavy (non-hydrogen) atoms. The molecular formula is C41H64N2O5. The number of urea groups is 1. The van der Waals surface area contributed by atoms with E-state index in [0.29, 0.717) is 43.2 Å². The maximum absolute atomic E-state index is 12.0.